The lowest BCUT2D eigenvalue weighted by Crippen LogP contribution is -2.40. The smallest absolute Gasteiger partial charge is 0.240 e. The van der Waals surface area contributed by atoms with Crippen molar-refractivity contribution in [3.8, 4) is 0 Å². The molecule has 9 heteroatoms. The Hall–Kier alpha value is -2.10. The first kappa shape index (κ1) is 22.6. The van der Waals surface area contributed by atoms with Crippen molar-refractivity contribution >= 4 is 54.8 Å². The number of halogens is 1. The normalized spacial score (nSPS) is 12.7. The summed E-state index contributed by atoms with van der Waals surface area (Å²) in [5.74, 6) is 0. The van der Waals surface area contributed by atoms with Crippen molar-refractivity contribution in [2.45, 2.75) is 24.3 Å². The van der Waals surface area contributed by atoms with Crippen molar-refractivity contribution in [1.29, 1.82) is 0 Å². The summed E-state index contributed by atoms with van der Waals surface area (Å²) >= 11 is 1.51. The van der Waals surface area contributed by atoms with Gasteiger partial charge in [-0.3, -0.25) is 4.98 Å². The highest BCUT2D eigenvalue weighted by atomic mass is 35.5. The molecule has 4 aromatic rings. The van der Waals surface area contributed by atoms with Gasteiger partial charge in [0.05, 0.1) is 15.3 Å². The van der Waals surface area contributed by atoms with Crippen molar-refractivity contribution in [3.63, 3.8) is 0 Å². The summed E-state index contributed by atoms with van der Waals surface area (Å²) in [6, 6.07) is 14.8. The highest BCUT2D eigenvalue weighted by Crippen LogP contribution is 2.22. The third-order valence-electron chi connectivity index (χ3n) is 4.72. The number of benzene rings is 2. The van der Waals surface area contributed by atoms with Crippen LogP contribution >= 0.6 is 23.9 Å². The Morgan fingerprint density at radius 1 is 1.10 bits per heavy atom. The van der Waals surface area contributed by atoms with Crippen LogP contribution in [0.5, 0.6) is 0 Å². The van der Waals surface area contributed by atoms with E-state index in [1.54, 1.807) is 30.6 Å². The van der Waals surface area contributed by atoms with Crippen LogP contribution in [0.25, 0.3) is 20.9 Å². The van der Waals surface area contributed by atoms with E-state index in [1.165, 1.54) is 21.6 Å². The fourth-order valence-electron chi connectivity index (χ4n) is 3.25. The first-order valence-electron chi connectivity index (χ1n) is 9.43. The molecule has 0 fully saturated rings. The van der Waals surface area contributed by atoms with Gasteiger partial charge in [-0.2, -0.15) is 4.37 Å². The van der Waals surface area contributed by atoms with Gasteiger partial charge in [0.15, 0.2) is 0 Å². The molecule has 0 aliphatic carbocycles. The van der Waals surface area contributed by atoms with E-state index >= 15 is 0 Å². The minimum absolute atomic E-state index is 0. The Kier molecular flexibility index (Phi) is 7.38. The standard InChI is InChI=1S/C21H22N4O2S2.ClH/c1-15(13-22-11-9-20-19-4-2-3-5-21(19)28-24-20)25-29(26,27)18-7-6-17-14-23-10-8-16(17)12-18;/h2-8,10,12,14-15,22,25H,9,11,13H2,1H3;1H. The van der Waals surface area contributed by atoms with E-state index in [-0.39, 0.29) is 23.3 Å². The van der Waals surface area contributed by atoms with Gasteiger partial charge in [0.25, 0.3) is 0 Å². The van der Waals surface area contributed by atoms with Crippen LogP contribution in [0.4, 0.5) is 0 Å². The van der Waals surface area contributed by atoms with E-state index in [0.29, 0.717) is 6.54 Å². The van der Waals surface area contributed by atoms with Gasteiger partial charge in [0.1, 0.15) is 0 Å². The highest BCUT2D eigenvalue weighted by Gasteiger charge is 2.17. The molecule has 1 atom stereocenters. The maximum Gasteiger partial charge on any atom is 0.240 e. The van der Waals surface area contributed by atoms with Crippen LogP contribution in [0.15, 0.2) is 65.8 Å². The average molecular weight is 463 g/mol. The van der Waals surface area contributed by atoms with Crippen LogP contribution < -0.4 is 10.0 Å². The van der Waals surface area contributed by atoms with E-state index < -0.39 is 10.0 Å². The molecule has 0 spiro atoms. The summed E-state index contributed by atoms with van der Waals surface area (Å²) in [5, 5.41) is 6.28. The fraction of sp³-hybridized carbons (Fsp3) is 0.238. The molecule has 2 heterocycles. The number of nitrogens with zero attached hydrogens (tertiary/aromatic N) is 2. The van der Waals surface area contributed by atoms with E-state index in [1.807, 2.05) is 25.1 Å². The van der Waals surface area contributed by atoms with Crippen molar-refractivity contribution in [2.24, 2.45) is 0 Å². The van der Waals surface area contributed by atoms with E-state index in [9.17, 15) is 8.42 Å². The Bertz CT molecular complexity index is 1240. The van der Waals surface area contributed by atoms with Gasteiger partial charge in [-0.25, -0.2) is 13.1 Å². The molecule has 0 radical (unpaired) electrons. The number of rotatable bonds is 8. The van der Waals surface area contributed by atoms with Crippen LogP contribution in [0.1, 0.15) is 12.6 Å². The van der Waals surface area contributed by atoms with Gasteiger partial charge >= 0.3 is 0 Å². The number of pyridine rings is 1. The number of aromatic nitrogens is 2. The molecule has 30 heavy (non-hydrogen) atoms. The quantitative estimate of drug-likeness (QED) is 0.389. The molecule has 2 aromatic carbocycles. The van der Waals surface area contributed by atoms with Crippen molar-refractivity contribution < 1.29 is 8.42 Å². The van der Waals surface area contributed by atoms with Gasteiger partial charge in [-0.05, 0) is 48.1 Å². The van der Waals surface area contributed by atoms with Gasteiger partial charge < -0.3 is 5.32 Å². The minimum atomic E-state index is -3.58. The van der Waals surface area contributed by atoms with E-state index in [0.717, 1.165) is 29.4 Å². The van der Waals surface area contributed by atoms with Crippen molar-refractivity contribution in [3.05, 3.63) is 66.6 Å². The van der Waals surface area contributed by atoms with Gasteiger partial charge in [-0.1, -0.05) is 24.3 Å². The van der Waals surface area contributed by atoms with E-state index in [2.05, 4.69) is 31.5 Å². The van der Waals surface area contributed by atoms with Crippen LogP contribution in [-0.2, 0) is 16.4 Å². The highest BCUT2D eigenvalue weighted by molar-refractivity contribution is 7.89. The van der Waals surface area contributed by atoms with Gasteiger partial charge in [0.2, 0.25) is 10.0 Å². The SMILES string of the molecule is CC(CNCCc1nsc2ccccc12)NS(=O)(=O)c1ccc2cnccc2c1.Cl. The molecule has 0 amide bonds. The Balaban J connectivity index is 0.00000256. The second-order valence-electron chi connectivity index (χ2n) is 6.99. The lowest BCUT2D eigenvalue weighted by molar-refractivity contribution is 0.537. The summed E-state index contributed by atoms with van der Waals surface area (Å²) in [5.41, 5.74) is 1.08. The number of fused-ring (bicyclic) bond motifs is 2. The van der Waals surface area contributed by atoms with Crippen LogP contribution in [0.3, 0.4) is 0 Å². The Morgan fingerprint density at radius 3 is 2.80 bits per heavy atom. The molecule has 4 rings (SSSR count). The average Bonchev–Trinajstić information content (AvgIpc) is 3.14. The first-order chi connectivity index (χ1) is 14.0. The number of nitrogens with one attached hydrogen (secondary N) is 2. The first-order valence-corrected chi connectivity index (χ1v) is 11.7. The largest absolute Gasteiger partial charge is 0.315 e. The monoisotopic (exact) mass is 462 g/mol. The minimum Gasteiger partial charge on any atom is -0.315 e. The zero-order chi connectivity index (χ0) is 20.3. The second-order valence-corrected chi connectivity index (χ2v) is 9.51. The zero-order valence-corrected chi connectivity index (χ0v) is 18.9. The molecule has 158 valence electrons. The maximum atomic E-state index is 12.7. The number of hydrogen-bond donors (Lipinski definition) is 2. The molecule has 0 aliphatic rings. The molecule has 0 bridgehead atoms. The summed E-state index contributed by atoms with van der Waals surface area (Å²) < 4.78 is 33.8. The van der Waals surface area contributed by atoms with Crippen molar-refractivity contribution in [2.75, 3.05) is 13.1 Å². The van der Waals surface area contributed by atoms with Crippen LogP contribution in [0, 0.1) is 0 Å². The van der Waals surface area contributed by atoms with Gasteiger partial charge in [-0.15, -0.1) is 12.4 Å². The Morgan fingerprint density at radius 2 is 1.93 bits per heavy atom. The van der Waals surface area contributed by atoms with Crippen LogP contribution in [0.2, 0.25) is 0 Å². The molecular weight excluding hydrogens is 440 g/mol. The molecule has 0 saturated carbocycles. The van der Waals surface area contributed by atoms with E-state index in [4.69, 9.17) is 0 Å². The summed E-state index contributed by atoms with van der Waals surface area (Å²) in [6.07, 6.45) is 4.18. The zero-order valence-electron chi connectivity index (χ0n) is 16.4. The summed E-state index contributed by atoms with van der Waals surface area (Å²) in [7, 11) is -3.58. The topological polar surface area (TPSA) is 84.0 Å². The predicted octanol–water partition coefficient (Wildman–Crippen LogP) is 3.77. The third-order valence-corrected chi connectivity index (χ3v) is 7.17. The molecule has 2 aromatic heterocycles. The Labute approximate surface area is 186 Å². The molecule has 1 unspecified atom stereocenters. The number of sulfonamides is 1. The molecule has 0 saturated heterocycles. The summed E-state index contributed by atoms with van der Waals surface area (Å²) in [6.45, 7) is 3.13. The third kappa shape index (κ3) is 5.14. The molecule has 6 nitrogen and oxygen atoms in total. The van der Waals surface area contributed by atoms with Crippen LogP contribution in [-0.4, -0.2) is 36.9 Å². The van der Waals surface area contributed by atoms with Gasteiger partial charge in [0, 0.05) is 48.7 Å². The predicted molar refractivity (Wildman–Crippen MR) is 125 cm³/mol. The summed E-state index contributed by atoms with van der Waals surface area (Å²) in [4.78, 5) is 4.31. The molecule has 0 aliphatic heterocycles. The fourth-order valence-corrected chi connectivity index (χ4v) is 5.35. The lowest BCUT2D eigenvalue weighted by atomic mass is 10.2. The lowest BCUT2D eigenvalue weighted by Gasteiger charge is -2.15. The second kappa shape index (κ2) is 9.80. The van der Waals surface area contributed by atoms with Crippen molar-refractivity contribution in [1.82, 2.24) is 19.4 Å². The number of hydrogen-bond acceptors (Lipinski definition) is 6. The maximum absolute atomic E-state index is 12.7. The molecule has 2 N–H and O–H groups in total. The molecular formula is C21H23ClN4O2S2.